The molecule has 4 nitrogen and oxygen atoms in total. The zero-order chi connectivity index (χ0) is 16.3. The molecule has 0 fully saturated rings. The summed E-state index contributed by atoms with van der Waals surface area (Å²) in [5, 5.41) is 32.3. The van der Waals surface area contributed by atoms with Crippen molar-refractivity contribution in [2.24, 2.45) is 5.41 Å². The molecule has 2 aromatic carbocycles. The second-order valence-corrected chi connectivity index (χ2v) is 5.25. The molecule has 3 rings (SSSR count). The van der Waals surface area contributed by atoms with Gasteiger partial charge in [0.15, 0.2) is 0 Å². The van der Waals surface area contributed by atoms with Crippen LogP contribution in [0.5, 0.6) is 0 Å². The first-order chi connectivity index (χ1) is 11.3. The van der Waals surface area contributed by atoms with Crippen molar-refractivity contribution >= 4 is 5.70 Å². The average Bonchev–Trinajstić information content (AvgIpc) is 2.97. The van der Waals surface area contributed by atoms with E-state index in [1.54, 1.807) is 0 Å². The van der Waals surface area contributed by atoms with E-state index in [1.165, 1.54) is 0 Å². The van der Waals surface area contributed by atoms with Gasteiger partial charge in [-0.1, -0.05) is 60.7 Å². The Morgan fingerprint density at radius 2 is 1.39 bits per heavy atom. The monoisotopic (exact) mass is 296 g/mol. The van der Waals surface area contributed by atoms with Crippen LogP contribution in [0.1, 0.15) is 17.2 Å². The summed E-state index contributed by atoms with van der Waals surface area (Å²) >= 11 is 0. The van der Waals surface area contributed by atoms with Crippen LogP contribution in [0.2, 0.25) is 0 Å². The topological polar surface area (TPSA) is 83.4 Å². The van der Waals surface area contributed by atoms with E-state index < -0.39 is 11.5 Å². The van der Waals surface area contributed by atoms with Crippen LogP contribution < -0.4 is 5.32 Å². The highest BCUT2D eigenvalue weighted by molar-refractivity contribution is 5.78. The van der Waals surface area contributed by atoms with Crippen molar-refractivity contribution in [3.05, 3.63) is 77.4 Å². The van der Waals surface area contributed by atoms with Crippen molar-refractivity contribution in [3.63, 3.8) is 0 Å². The zero-order valence-corrected chi connectivity index (χ0v) is 12.2. The molecule has 0 saturated heterocycles. The normalized spacial score (nSPS) is 18.4. The molecule has 1 unspecified atom stereocenters. The Labute approximate surface area is 134 Å². The molecule has 0 spiro atoms. The molecule has 2 aromatic rings. The molecule has 4 heteroatoms. The summed E-state index contributed by atoms with van der Waals surface area (Å²) in [7, 11) is 0. The van der Waals surface area contributed by atoms with Gasteiger partial charge in [0.1, 0.15) is 0 Å². The van der Waals surface area contributed by atoms with E-state index in [9.17, 15) is 15.8 Å². The van der Waals surface area contributed by atoms with Gasteiger partial charge in [-0.05, 0) is 11.1 Å². The van der Waals surface area contributed by atoms with Crippen LogP contribution in [-0.4, -0.2) is 0 Å². The van der Waals surface area contributed by atoms with Crippen molar-refractivity contribution < 1.29 is 0 Å². The maximum absolute atomic E-state index is 9.72. The molecule has 1 N–H and O–H groups in total. The SMILES string of the molecule is N#CC1=C(c2ccccc2)NC(c2ccccc2)C1(C#N)C#N. The van der Waals surface area contributed by atoms with Crippen molar-refractivity contribution in [2.75, 3.05) is 0 Å². The Balaban J connectivity index is 2.21. The van der Waals surface area contributed by atoms with E-state index in [2.05, 4.69) is 23.5 Å². The van der Waals surface area contributed by atoms with Gasteiger partial charge in [0.2, 0.25) is 5.41 Å². The summed E-state index contributed by atoms with van der Waals surface area (Å²) in [4.78, 5) is 0. The van der Waals surface area contributed by atoms with Crippen molar-refractivity contribution in [1.82, 2.24) is 5.32 Å². The Morgan fingerprint density at radius 3 is 1.91 bits per heavy atom. The van der Waals surface area contributed by atoms with Gasteiger partial charge in [-0.2, -0.15) is 15.8 Å². The van der Waals surface area contributed by atoms with Gasteiger partial charge in [-0.25, -0.2) is 0 Å². The van der Waals surface area contributed by atoms with Crippen LogP contribution in [-0.2, 0) is 0 Å². The summed E-state index contributed by atoms with van der Waals surface area (Å²) in [6.45, 7) is 0. The van der Waals surface area contributed by atoms with E-state index in [4.69, 9.17) is 0 Å². The zero-order valence-electron chi connectivity index (χ0n) is 12.2. The molecule has 0 radical (unpaired) electrons. The molecule has 1 heterocycles. The highest BCUT2D eigenvalue weighted by Crippen LogP contribution is 2.48. The summed E-state index contributed by atoms with van der Waals surface area (Å²) < 4.78 is 0. The molecule has 0 bridgehead atoms. The second kappa shape index (κ2) is 5.68. The van der Waals surface area contributed by atoms with Gasteiger partial charge in [0.05, 0.1) is 35.5 Å². The highest BCUT2D eigenvalue weighted by atomic mass is 15.0. The quantitative estimate of drug-likeness (QED) is 0.921. The van der Waals surface area contributed by atoms with Crippen LogP contribution >= 0.6 is 0 Å². The third-order valence-corrected chi connectivity index (χ3v) is 4.03. The van der Waals surface area contributed by atoms with Gasteiger partial charge in [0.25, 0.3) is 0 Å². The molecular weight excluding hydrogens is 284 g/mol. The average molecular weight is 296 g/mol. The fourth-order valence-electron chi connectivity index (χ4n) is 2.89. The number of nitriles is 3. The molecule has 0 aromatic heterocycles. The second-order valence-electron chi connectivity index (χ2n) is 5.25. The molecule has 0 amide bonds. The minimum Gasteiger partial charge on any atom is -0.374 e. The summed E-state index contributed by atoms with van der Waals surface area (Å²) in [5.41, 5.74) is 0.764. The first kappa shape index (κ1) is 14.4. The maximum atomic E-state index is 9.72. The first-order valence-corrected chi connectivity index (χ1v) is 7.11. The Kier molecular flexibility index (Phi) is 3.55. The van der Waals surface area contributed by atoms with Crippen molar-refractivity contribution in [2.45, 2.75) is 6.04 Å². The lowest BCUT2D eigenvalue weighted by molar-refractivity contribution is 0.488. The van der Waals surface area contributed by atoms with Gasteiger partial charge in [-0.3, -0.25) is 0 Å². The Hall–Kier alpha value is -3.55. The molecular formula is C19H12N4. The van der Waals surface area contributed by atoms with Crippen molar-refractivity contribution in [1.29, 1.82) is 15.8 Å². The molecule has 1 atom stereocenters. The minimum absolute atomic E-state index is 0.169. The van der Waals surface area contributed by atoms with Gasteiger partial charge in [-0.15, -0.1) is 0 Å². The van der Waals surface area contributed by atoms with Gasteiger partial charge in [0, 0.05) is 0 Å². The molecule has 23 heavy (non-hydrogen) atoms. The maximum Gasteiger partial charge on any atom is 0.204 e. The third-order valence-electron chi connectivity index (χ3n) is 4.03. The molecule has 0 aliphatic carbocycles. The van der Waals surface area contributed by atoms with Gasteiger partial charge < -0.3 is 5.32 Å². The fraction of sp³-hybridized carbons (Fsp3) is 0.105. The van der Waals surface area contributed by atoms with Crippen LogP contribution in [0.4, 0.5) is 0 Å². The number of hydrogen-bond acceptors (Lipinski definition) is 4. The highest BCUT2D eigenvalue weighted by Gasteiger charge is 2.51. The van der Waals surface area contributed by atoms with Gasteiger partial charge >= 0.3 is 0 Å². The van der Waals surface area contributed by atoms with Crippen LogP contribution in [0.15, 0.2) is 66.2 Å². The Morgan fingerprint density at radius 1 is 0.826 bits per heavy atom. The lowest BCUT2D eigenvalue weighted by Gasteiger charge is -2.22. The smallest absolute Gasteiger partial charge is 0.204 e. The lowest BCUT2D eigenvalue weighted by atomic mass is 9.76. The van der Waals surface area contributed by atoms with Crippen LogP contribution in [0.3, 0.4) is 0 Å². The molecule has 0 saturated carbocycles. The number of benzene rings is 2. The van der Waals surface area contributed by atoms with E-state index >= 15 is 0 Å². The molecule has 108 valence electrons. The van der Waals surface area contributed by atoms with Crippen LogP contribution in [0.25, 0.3) is 5.70 Å². The first-order valence-electron chi connectivity index (χ1n) is 7.11. The number of nitrogens with one attached hydrogen (secondary N) is 1. The summed E-state index contributed by atoms with van der Waals surface area (Å²) in [6, 6.07) is 24.2. The Bertz CT molecular complexity index is 863. The fourth-order valence-corrected chi connectivity index (χ4v) is 2.89. The predicted molar refractivity (Wildman–Crippen MR) is 85.0 cm³/mol. The largest absolute Gasteiger partial charge is 0.374 e. The molecule has 1 aliphatic heterocycles. The summed E-state index contributed by atoms with van der Waals surface area (Å²) in [6.07, 6.45) is 0. The number of nitrogens with zero attached hydrogens (tertiary/aromatic N) is 3. The third kappa shape index (κ3) is 2.13. The van der Waals surface area contributed by atoms with Crippen molar-refractivity contribution in [3.8, 4) is 18.2 Å². The standard InChI is InChI=1S/C19H12N4/c20-11-16-17(14-7-3-1-4-8-14)23-18(19(16,12-21)13-22)15-9-5-2-6-10-15/h1-10,18,23H. The van der Waals surface area contributed by atoms with E-state index in [0.29, 0.717) is 5.70 Å². The minimum atomic E-state index is -1.54. The number of rotatable bonds is 2. The van der Waals surface area contributed by atoms with E-state index in [1.807, 2.05) is 60.7 Å². The number of hydrogen-bond donors (Lipinski definition) is 1. The molecule has 1 aliphatic rings. The van der Waals surface area contributed by atoms with E-state index in [-0.39, 0.29) is 5.57 Å². The van der Waals surface area contributed by atoms with E-state index in [0.717, 1.165) is 11.1 Å². The predicted octanol–water partition coefficient (Wildman–Crippen LogP) is 3.30. The lowest BCUT2D eigenvalue weighted by Crippen LogP contribution is -2.29. The summed E-state index contributed by atoms with van der Waals surface area (Å²) in [5.74, 6) is 0. The van der Waals surface area contributed by atoms with Crippen LogP contribution in [0, 0.1) is 39.4 Å².